The van der Waals surface area contributed by atoms with Crippen molar-refractivity contribution >= 4 is 16.9 Å². The first-order chi connectivity index (χ1) is 13.8. The van der Waals surface area contributed by atoms with Gasteiger partial charge >= 0.3 is 0 Å². The molecular weight excluding hydrogens is 348 g/mol. The molecule has 0 aliphatic carbocycles. The van der Waals surface area contributed by atoms with Crippen LogP contribution in [-0.2, 0) is 6.54 Å². The molecule has 2 heterocycles. The first-order valence-corrected chi connectivity index (χ1v) is 9.45. The molecule has 0 bridgehead atoms. The van der Waals surface area contributed by atoms with Crippen LogP contribution in [-0.4, -0.2) is 27.6 Å². The molecule has 6 nitrogen and oxygen atoms in total. The average Bonchev–Trinajstić information content (AvgIpc) is 3.13. The van der Waals surface area contributed by atoms with Crippen molar-refractivity contribution in [2.24, 2.45) is 5.73 Å². The van der Waals surface area contributed by atoms with Gasteiger partial charge in [0.05, 0.1) is 11.1 Å². The molecule has 0 aliphatic heterocycles. The Morgan fingerprint density at radius 1 is 0.964 bits per heavy atom. The maximum Gasteiger partial charge on any atom is 0.150 e. The highest BCUT2D eigenvalue weighted by molar-refractivity contribution is 6.01. The fourth-order valence-electron chi connectivity index (χ4n) is 3.45. The molecule has 0 atom stereocenters. The summed E-state index contributed by atoms with van der Waals surface area (Å²) < 4.78 is 2.11. The van der Waals surface area contributed by atoms with Crippen LogP contribution in [0.25, 0.3) is 27.8 Å². The number of anilines is 1. The minimum atomic E-state index is 0.487. The van der Waals surface area contributed by atoms with Crippen molar-refractivity contribution in [3.63, 3.8) is 0 Å². The number of aromatic nitrogens is 3. The Kier molecular flexibility index (Phi) is 5.32. The Morgan fingerprint density at radius 2 is 1.75 bits per heavy atom. The summed E-state index contributed by atoms with van der Waals surface area (Å²) in [5.74, 6) is 0.487. The molecule has 0 radical (unpaired) electrons. The smallest absolute Gasteiger partial charge is 0.150 e. The van der Waals surface area contributed by atoms with Gasteiger partial charge in [-0.2, -0.15) is 0 Å². The van der Waals surface area contributed by atoms with E-state index in [2.05, 4.69) is 56.4 Å². The minimum absolute atomic E-state index is 0.487. The largest absolute Gasteiger partial charge is 0.383 e. The molecule has 0 spiro atoms. The SMILES string of the molecule is NCCCNCc1ccccc1-n1cc(-c2ccccc2)c2c(N)ncnc21. The summed E-state index contributed by atoms with van der Waals surface area (Å²) in [5.41, 5.74) is 17.0. The lowest BCUT2D eigenvalue weighted by atomic mass is 10.1. The van der Waals surface area contributed by atoms with E-state index in [4.69, 9.17) is 11.5 Å². The summed E-state index contributed by atoms with van der Waals surface area (Å²) in [6.45, 7) is 2.34. The van der Waals surface area contributed by atoms with Crippen molar-refractivity contribution in [1.29, 1.82) is 0 Å². The van der Waals surface area contributed by atoms with E-state index in [1.54, 1.807) is 0 Å². The van der Waals surface area contributed by atoms with E-state index in [1.165, 1.54) is 11.9 Å². The summed E-state index contributed by atoms with van der Waals surface area (Å²) in [6, 6.07) is 18.5. The molecule has 6 heteroatoms. The highest BCUT2D eigenvalue weighted by Gasteiger charge is 2.17. The monoisotopic (exact) mass is 372 g/mol. The molecule has 4 rings (SSSR count). The second-order valence-electron chi connectivity index (χ2n) is 6.68. The number of nitrogen functional groups attached to an aromatic ring is 1. The van der Waals surface area contributed by atoms with Gasteiger partial charge in [-0.15, -0.1) is 0 Å². The normalized spacial score (nSPS) is 11.2. The Hall–Kier alpha value is -3.22. The summed E-state index contributed by atoms with van der Waals surface area (Å²) in [7, 11) is 0. The molecule has 5 N–H and O–H groups in total. The van der Waals surface area contributed by atoms with E-state index in [1.807, 2.05) is 24.3 Å². The fraction of sp³-hybridized carbons (Fsp3) is 0.182. The van der Waals surface area contributed by atoms with Gasteiger partial charge in [-0.1, -0.05) is 48.5 Å². The van der Waals surface area contributed by atoms with Crippen LogP contribution in [0, 0.1) is 0 Å². The molecule has 0 amide bonds. The van der Waals surface area contributed by atoms with Gasteiger partial charge in [0.2, 0.25) is 0 Å². The summed E-state index contributed by atoms with van der Waals surface area (Å²) in [5, 5.41) is 4.33. The van der Waals surface area contributed by atoms with Crippen molar-refractivity contribution in [3.8, 4) is 16.8 Å². The summed E-state index contributed by atoms with van der Waals surface area (Å²) >= 11 is 0. The highest BCUT2D eigenvalue weighted by Crippen LogP contribution is 2.34. The number of rotatable bonds is 7. The summed E-state index contributed by atoms with van der Waals surface area (Å²) in [6.07, 6.45) is 4.57. The van der Waals surface area contributed by atoms with E-state index in [9.17, 15) is 0 Å². The standard InChI is InChI=1S/C22H24N6/c23-11-6-12-25-13-17-9-4-5-10-19(17)28-14-18(16-7-2-1-3-8-16)20-21(24)26-15-27-22(20)28/h1-5,7-10,14-15,25H,6,11-13,23H2,(H2,24,26,27). The predicted octanol–water partition coefficient (Wildman–Crippen LogP) is 3.11. The second kappa shape index (κ2) is 8.21. The van der Waals surface area contributed by atoms with Crippen molar-refractivity contribution < 1.29 is 0 Å². The topological polar surface area (TPSA) is 94.8 Å². The molecule has 4 aromatic rings. The van der Waals surface area contributed by atoms with Gasteiger partial charge in [0.1, 0.15) is 12.1 Å². The number of nitrogens with two attached hydrogens (primary N) is 2. The molecule has 142 valence electrons. The number of nitrogens with zero attached hydrogens (tertiary/aromatic N) is 3. The van der Waals surface area contributed by atoms with Gasteiger partial charge < -0.3 is 21.4 Å². The number of benzene rings is 2. The predicted molar refractivity (Wildman–Crippen MR) is 114 cm³/mol. The maximum absolute atomic E-state index is 6.25. The lowest BCUT2D eigenvalue weighted by Crippen LogP contribution is -2.18. The van der Waals surface area contributed by atoms with Gasteiger partial charge in [-0.3, -0.25) is 0 Å². The molecule has 0 unspecified atom stereocenters. The average molecular weight is 372 g/mol. The van der Waals surface area contributed by atoms with Gasteiger partial charge in [-0.05, 0) is 36.7 Å². The van der Waals surface area contributed by atoms with Crippen LogP contribution in [0.2, 0.25) is 0 Å². The minimum Gasteiger partial charge on any atom is -0.383 e. The third-order valence-electron chi connectivity index (χ3n) is 4.82. The number of para-hydroxylation sites is 1. The van der Waals surface area contributed by atoms with E-state index >= 15 is 0 Å². The Bertz CT molecular complexity index is 1070. The molecule has 2 aromatic carbocycles. The van der Waals surface area contributed by atoms with Gasteiger partial charge in [-0.25, -0.2) is 9.97 Å². The first-order valence-electron chi connectivity index (χ1n) is 9.45. The molecule has 0 saturated heterocycles. The van der Waals surface area contributed by atoms with E-state index in [-0.39, 0.29) is 0 Å². The van der Waals surface area contributed by atoms with Crippen LogP contribution in [0.4, 0.5) is 5.82 Å². The summed E-state index contributed by atoms with van der Waals surface area (Å²) in [4.78, 5) is 8.77. The third-order valence-corrected chi connectivity index (χ3v) is 4.82. The Balaban J connectivity index is 1.84. The van der Waals surface area contributed by atoms with E-state index < -0.39 is 0 Å². The van der Waals surface area contributed by atoms with Crippen LogP contribution >= 0.6 is 0 Å². The lowest BCUT2D eigenvalue weighted by Gasteiger charge is -2.12. The van der Waals surface area contributed by atoms with Crippen molar-refractivity contribution in [2.45, 2.75) is 13.0 Å². The fourth-order valence-corrected chi connectivity index (χ4v) is 3.45. The number of fused-ring (bicyclic) bond motifs is 1. The van der Waals surface area contributed by atoms with Crippen LogP contribution in [0.15, 0.2) is 67.1 Å². The first kappa shape index (κ1) is 18.2. The Labute approximate surface area is 164 Å². The zero-order valence-electron chi connectivity index (χ0n) is 15.7. The van der Waals surface area contributed by atoms with E-state index in [0.717, 1.165) is 47.4 Å². The maximum atomic E-state index is 6.25. The van der Waals surface area contributed by atoms with Gasteiger partial charge in [0.15, 0.2) is 5.65 Å². The van der Waals surface area contributed by atoms with Crippen LogP contribution in [0.5, 0.6) is 0 Å². The van der Waals surface area contributed by atoms with Crippen molar-refractivity contribution in [2.75, 3.05) is 18.8 Å². The second-order valence-corrected chi connectivity index (χ2v) is 6.68. The zero-order chi connectivity index (χ0) is 19.3. The number of nitrogens with one attached hydrogen (secondary N) is 1. The molecular formula is C22H24N6. The number of hydrogen-bond donors (Lipinski definition) is 3. The molecule has 28 heavy (non-hydrogen) atoms. The van der Waals surface area contributed by atoms with E-state index in [0.29, 0.717) is 12.4 Å². The number of hydrogen-bond acceptors (Lipinski definition) is 5. The quantitative estimate of drug-likeness (QED) is 0.433. The molecule has 0 saturated carbocycles. The van der Waals surface area contributed by atoms with Gasteiger partial charge in [0.25, 0.3) is 0 Å². The van der Waals surface area contributed by atoms with Crippen LogP contribution < -0.4 is 16.8 Å². The van der Waals surface area contributed by atoms with Crippen LogP contribution in [0.3, 0.4) is 0 Å². The Morgan fingerprint density at radius 3 is 2.57 bits per heavy atom. The van der Waals surface area contributed by atoms with Gasteiger partial charge in [0, 0.05) is 18.3 Å². The highest BCUT2D eigenvalue weighted by atomic mass is 15.1. The van der Waals surface area contributed by atoms with Crippen LogP contribution in [0.1, 0.15) is 12.0 Å². The molecule has 0 aliphatic rings. The van der Waals surface area contributed by atoms with Crippen molar-refractivity contribution in [3.05, 3.63) is 72.7 Å². The van der Waals surface area contributed by atoms with Crippen molar-refractivity contribution in [1.82, 2.24) is 19.9 Å². The third kappa shape index (κ3) is 3.47. The molecule has 2 aromatic heterocycles. The lowest BCUT2D eigenvalue weighted by molar-refractivity contribution is 0.654. The molecule has 0 fully saturated rings. The zero-order valence-corrected chi connectivity index (χ0v) is 15.7.